The molecule has 206 valence electrons. The van der Waals surface area contributed by atoms with Gasteiger partial charge in [0, 0.05) is 30.3 Å². The van der Waals surface area contributed by atoms with Gasteiger partial charge in [-0.15, -0.1) is 0 Å². The van der Waals surface area contributed by atoms with E-state index in [-0.39, 0.29) is 12.5 Å². The summed E-state index contributed by atoms with van der Waals surface area (Å²) in [6.07, 6.45) is -0.954. The highest BCUT2D eigenvalue weighted by Gasteiger charge is 2.32. The van der Waals surface area contributed by atoms with Crippen LogP contribution < -0.4 is 4.74 Å². The van der Waals surface area contributed by atoms with E-state index < -0.39 is 17.8 Å². The number of ether oxygens (including phenoxy) is 2. The van der Waals surface area contributed by atoms with E-state index in [1.807, 2.05) is 71.0 Å². The van der Waals surface area contributed by atoms with Gasteiger partial charge in [0.1, 0.15) is 17.5 Å². The van der Waals surface area contributed by atoms with Crippen LogP contribution in [0.4, 0.5) is 4.79 Å². The van der Waals surface area contributed by atoms with Crippen LogP contribution in [0, 0.1) is 27.7 Å². The molecule has 0 bridgehead atoms. The third-order valence-electron chi connectivity index (χ3n) is 6.53. The summed E-state index contributed by atoms with van der Waals surface area (Å²) in [6, 6.07) is 15.5. The fraction of sp³-hybridized carbons (Fsp3) is 0.419. The van der Waals surface area contributed by atoms with Crippen LogP contribution in [-0.2, 0) is 4.74 Å². The maximum atomic E-state index is 13.5. The summed E-state index contributed by atoms with van der Waals surface area (Å²) in [4.78, 5) is 39.1. The number of benzene rings is 2. The minimum atomic E-state index is -0.638. The van der Waals surface area contributed by atoms with Gasteiger partial charge in [-0.1, -0.05) is 35.9 Å². The van der Waals surface area contributed by atoms with Crippen molar-refractivity contribution in [2.24, 2.45) is 0 Å². The van der Waals surface area contributed by atoms with Crippen molar-refractivity contribution in [1.29, 1.82) is 0 Å². The number of nitrogens with zero attached hydrogens (tertiary/aromatic N) is 4. The number of hydrogen-bond acceptors (Lipinski definition) is 6. The first kappa shape index (κ1) is 28.1. The Labute approximate surface area is 231 Å². The Morgan fingerprint density at radius 2 is 1.51 bits per heavy atom. The number of rotatable bonds is 4. The van der Waals surface area contributed by atoms with E-state index in [9.17, 15) is 9.59 Å². The average Bonchev–Trinajstić information content (AvgIpc) is 3.05. The predicted molar refractivity (Wildman–Crippen MR) is 151 cm³/mol. The molecule has 0 spiro atoms. The molecule has 1 unspecified atom stereocenters. The van der Waals surface area contributed by atoms with Crippen LogP contribution in [0.1, 0.15) is 53.6 Å². The van der Waals surface area contributed by atoms with Crippen LogP contribution in [0.25, 0.3) is 11.3 Å². The molecule has 0 aliphatic carbocycles. The van der Waals surface area contributed by atoms with Crippen molar-refractivity contribution in [3.05, 3.63) is 76.6 Å². The molecule has 1 aromatic heterocycles. The lowest BCUT2D eigenvalue weighted by atomic mass is 10.00. The normalized spacial score (nSPS) is 16.0. The van der Waals surface area contributed by atoms with Gasteiger partial charge in [-0.2, -0.15) is 4.98 Å². The molecular weight excluding hydrogens is 492 g/mol. The Morgan fingerprint density at radius 3 is 2.18 bits per heavy atom. The van der Waals surface area contributed by atoms with Crippen molar-refractivity contribution >= 4 is 12.0 Å². The van der Waals surface area contributed by atoms with Crippen LogP contribution in [0.15, 0.2) is 48.5 Å². The molecular formula is C31H38N4O4. The van der Waals surface area contributed by atoms with Crippen molar-refractivity contribution in [1.82, 2.24) is 19.8 Å². The topological polar surface area (TPSA) is 84.9 Å². The SMILES string of the molecule is Cc1cccc(C(=O)N2CCN(C(=O)OC(C)(C)C)CC(Oc3cc(-c4c(C)cccc4C)nc(C)n3)C2)c1. The molecule has 8 nitrogen and oxygen atoms in total. The van der Waals surface area contributed by atoms with Crippen molar-refractivity contribution in [2.45, 2.75) is 60.2 Å². The molecule has 4 rings (SSSR count). The first-order valence-electron chi connectivity index (χ1n) is 13.3. The molecule has 1 saturated heterocycles. The number of aromatic nitrogens is 2. The van der Waals surface area contributed by atoms with Crippen LogP contribution in [0.5, 0.6) is 5.88 Å². The summed E-state index contributed by atoms with van der Waals surface area (Å²) >= 11 is 0. The highest BCUT2D eigenvalue weighted by molar-refractivity contribution is 5.94. The maximum Gasteiger partial charge on any atom is 0.410 e. The Hall–Kier alpha value is -3.94. The lowest BCUT2D eigenvalue weighted by Crippen LogP contribution is -2.43. The summed E-state index contributed by atoms with van der Waals surface area (Å²) in [5.74, 6) is 0.878. The van der Waals surface area contributed by atoms with E-state index in [1.54, 1.807) is 9.80 Å². The smallest absolute Gasteiger partial charge is 0.410 e. The minimum Gasteiger partial charge on any atom is -0.470 e. The summed E-state index contributed by atoms with van der Waals surface area (Å²) in [5.41, 5.74) is 5.02. The largest absolute Gasteiger partial charge is 0.470 e. The van der Waals surface area contributed by atoms with E-state index in [0.29, 0.717) is 36.9 Å². The third-order valence-corrected chi connectivity index (χ3v) is 6.53. The van der Waals surface area contributed by atoms with Gasteiger partial charge < -0.3 is 19.3 Å². The highest BCUT2D eigenvalue weighted by Crippen LogP contribution is 2.28. The Bertz CT molecular complexity index is 1340. The molecule has 1 aliphatic rings. The second-order valence-corrected chi connectivity index (χ2v) is 11.2. The van der Waals surface area contributed by atoms with Crippen LogP contribution in [-0.4, -0.2) is 69.7 Å². The molecule has 0 radical (unpaired) electrons. The van der Waals surface area contributed by atoms with Gasteiger partial charge >= 0.3 is 6.09 Å². The first-order chi connectivity index (χ1) is 18.4. The fourth-order valence-corrected chi connectivity index (χ4v) is 4.80. The molecule has 2 amide bonds. The molecule has 1 aliphatic heterocycles. The summed E-state index contributed by atoms with van der Waals surface area (Å²) in [5, 5.41) is 0. The van der Waals surface area contributed by atoms with E-state index in [4.69, 9.17) is 9.47 Å². The van der Waals surface area contributed by atoms with Gasteiger partial charge in [-0.3, -0.25) is 4.79 Å². The lowest BCUT2D eigenvalue weighted by Gasteiger charge is -2.28. The maximum absolute atomic E-state index is 13.5. The Balaban J connectivity index is 1.64. The standard InChI is InChI=1S/C31H38N4O4/c1-20-10-8-13-24(16-20)29(36)34-14-15-35(30(37)39-31(5,6)7)19-25(18-34)38-27-17-26(32-23(4)33-27)28-21(2)11-9-12-22(28)3/h8-13,16-17,25H,14-15,18-19H2,1-7H3. The monoisotopic (exact) mass is 530 g/mol. The van der Waals surface area contributed by atoms with Crippen molar-refractivity contribution in [3.8, 4) is 17.1 Å². The van der Waals surface area contributed by atoms with Crippen LogP contribution >= 0.6 is 0 Å². The number of carbonyl (C=O) groups is 2. The quantitative estimate of drug-likeness (QED) is 0.442. The van der Waals surface area contributed by atoms with E-state index in [1.165, 1.54) is 0 Å². The zero-order chi connectivity index (χ0) is 28.3. The zero-order valence-electron chi connectivity index (χ0n) is 23.9. The first-order valence-corrected chi connectivity index (χ1v) is 13.3. The molecule has 8 heteroatoms. The zero-order valence-corrected chi connectivity index (χ0v) is 23.9. The molecule has 0 saturated carbocycles. The van der Waals surface area contributed by atoms with E-state index >= 15 is 0 Å². The molecule has 2 aromatic carbocycles. The Kier molecular flexibility index (Phi) is 8.23. The number of amides is 2. The molecule has 0 N–H and O–H groups in total. The van der Waals surface area contributed by atoms with Gasteiger partial charge in [-0.25, -0.2) is 9.78 Å². The van der Waals surface area contributed by atoms with E-state index in [2.05, 4.69) is 35.9 Å². The molecule has 39 heavy (non-hydrogen) atoms. The third kappa shape index (κ3) is 7.13. The highest BCUT2D eigenvalue weighted by atomic mass is 16.6. The molecule has 2 heterocycles. The molecule has 1 atom stereocenters. The summed E-state index contributed by atoms with van der Waals surface area (Å²) < 4.78 is 12.1. The number of aryl methyl sites for hydroxylation is 4. The van der Waals surface area contributed by atoms with Gasteiger partial charge in [-0.05, 0) is 71.7 Å². The van der Waals surface area contributed by atoms with Crippen molar-refractivity contribution < 1.29 is 19.1 Å². The van der Waals surface area contributed by atoms with Gasteiger partial charge in [0.15, 0.2) is 0 Å². The van der Waals surface area contributed by atoms with Gasteiger partial charge in [0.25, 0.3) is 5.91 Å². The average molecular weight is 531 g/mol. The van der Waals surface area contributed by atoms with Crippen LogP contribution in [0.3, 0.4) is 0 Å². The second-order valence-electron chi connectivity index (χ2n) is 11.2. The second kappa shape index (κ2) is 11.4. The molecule has 1 fully saturated rings. The summed E-state index contributed by atoms with van der Waals surface area (Å²) in [6.45, 7) is 14.7. The van der Waals surface area contributed by atoms with Crippen molar-refractivity contribution in [3.63, 3.8) is 0 Å². The van der Waals surface area contributed by atoms with Gasteiger partial charge in [0.05, 0.1) is 18.8 Å². The lowest BCUT2D eigenvalue weighted by molar-refractivity contribution is 0.0200. The predicted octanol–water partition coefficient (Wildman–Crippen LogP) is 5.52. The van der Waals surface area contributed by atoms with Gasteiger partial charge in [0.2, 0.25) is 5.88 Å². The Morgan fingerprint density at radius 1 is 0.872 bits per heavy atom. The van der Waals surface area contributed by atoms with E-state index in [0.717, 1.165) is 27.9 Å². The number of hydrogen-bond donors (Lipinski definition) is 0. The summed E-state index contributed by atoms with van der Waals surface area (Å²) in [7, 11) is 0. The molecule has 3 aromatic rings. The van der Waals surface area contributed by atoms with Crippen molar-refractivity contribution in [2.75, 3.05) is 26.2 Å². The minimum absolute atomic E-state index is 0.103. The number of carbonyl (C=O) groups excluding carboxylic acids is 2. The fourth-order valence-electron chi connectivity index (χ4n) is 4.80. The van der Waals surface area contributed by atoms with Crippen LogP contribution in [0.2, 0.25) is 0 Å².